The van der Waals surface area contributed by atoms with Gasteiger partial charge in [0.05, 0.1) is 25.5 Å². The number of nitrogens with zero attached hydrogens (tertiary/aromatic N) is 1. The Hall–Kier alpha value is -1.94. The van der Waals surface area contributed by atoms with E-state index in [1.807, 2.05) is 42.5 Å². The van der Waals surface area contributed by atoms with Crippen LogP contribution in [0.5, 0.6) is 11.5 Å². The maximum atomic E-state index is 5.32. The minimum atomic E-state index is 0.722. The highest BCUT2D eigenvalue weighted by Crippen LogP contribution is 2.28. The van der Waals surface area contributed by atoms with Gasteiger partial charge in [0.2, 0.25) is 0 Å². The third-order valence-corrected chi connectivity index (χ3v) is 3.06. The summed E-state index contributed by atoms with van der Waals surface area (Å²) in [4.78, 5) is 5.26. The Morgan fingerprint density at radius 2 is 1.58 bits per heavy atom. The molecule has 98 valence electrons. The topological polar surface area (TPSA) is 30.8 Å². The first-order valence-electron chi connectivity index (χ1n) is 5.79. The third-order valence-electron chi connectivity index (χ3n) is 2.68. The van der Waals surface area contributed by atoms with Crippen molar-refractivity contribution in [1.82, 2.24) is 0 Å². The van der Waals surface area contributed by atoms with E-state index in [9.17, 15) is 0 Å². The van der Waals surface area contributed by atoms with E-state index in [-0.39, 0.29) is 0 Å². The molecule has 4 heteroatoms. The first-order chi connectivity index (χ1) is 9.26. The summed E-state index contributed by atoms with van der Waals surface area (Å²) in [6, 6.07) is 13.3. The number of methoxy groups -OCH3 is 2. The number of benzene rings is 2. The maximum absolute atomic E-state index is 5.32. The van der Waals surface area contributed by atoms with Crippen LogP contribution in [0.25, 0.3) is 0 Å². The van der Waals surface area contributed by atoms with Crippen molar-refractivity contribution in [2.24, 2.45) is 4.99 Å². The molecular formula is C15H15NO2S. The Kier molecular flexibility index (Phi) is 4.47. The summed E-state index contributed by atoms with van der Waals surface area (Å²) in [7, 11) is 3.25. The van der Waals surface area contributed by atoms with E-state index < -0.39 is 0 Å². The van der Waals surface area contributed by atoms with Crippen LogP contribution >= 0.6 is 12.6 Å². The number of hydrogen-bond donors (Lipinski definition) is 1. The number of hydrogen-bond acceptors (Lipinski definition) is 4. The molecule has 0 N–H and O–H groups in total. The molecule has 0 saturated carbocycles. The summed E-state index contributed by atoms with van der Waals surface area (Å²) < 4.78 is 10.6. The highest BCUT2D eigenvalue weighted by Gasteiger charge is 2.07. The summed E-state index contributed by atoms with van der Waals surface area (Å²) in [5.41, 5.74) is 1.61. The molecule has 0 radical (unpaired) electrons. The molecule has 0 aromatic heterocycles. The Morgan fingerprint density at radius 1 is 0.947 bits per heavy atom. The summed E-state index contributed by atoms with van der Waals surface area (Å²) in [6.07, 6.45) is 1.73. The zero-order valence-corrected chi connectivity index (χ0v) is 11.7. The lowest BCUT2D eigenvalue weighted by Gasteiger charge is -2.09. The summed E-state index contributed by atoms with van der Waals surface area (Å²) in [5, 5.41) is 0. The largest absolute Gasteiger partial charge is 0.496 e. The Morgan fingerprint density at radius 3 is 2.16 bits per heavy atom. The zero-order chi connectivity index (χ0) is 13.7. The fourth-order valence-electron chi connectivity index (χ4n) is 1.71. The number of thiol groups is 1. The fourth-order valence-corrected chi connectivity index (χ4v) is 1.93. The van der Waals surface area contributed by atoms with E-state index in [0.29, 0.717) is 0 Å². The first-order valence-corrected chi connectivity index (χ1v) is 6.24. The molecule has 0 atom stereocenters. The van der Waals surface area contributed by atoms with Crippen LogP contribution in [0.15, 0.2) is 52.4 Å². The smallest absolute Gasteiger partial charge is 0.131 e. The summed E-state index contributed by atoms with van der Waals surface area (Å²) in [5.74, 6) is 1.44. The van der Waals surface area contributed by atoms with Crippen LogP contribution in [0.4, 0.5) is 5.69 Å². The molecular weight excluding hydrogens is 258 g/mol. The van der Waals surface area contributed by atoms with Crippen molar-refractivity contribution in [2.45, 2.75) is 4.90 Å². The second kappa shape index (κ2) is 6.29. The van der Waals surface area contributed by atoms with Crippen molar-refractivity contribution in [1.29, 1.82) is 0 Å². The predicted molar refractivity (Wildman–Crippen MR) is 80.5 cm³/mol. The summed E-state index contributed by atoms with van der Waals surface area (Å²) >= 11 is 4.37. The van der Waals surface area contributed by atoms with Crippen molar-refractivity contribution >= 4 is 24.5 Å². The first kappa shape index (κ1) is 13.5. The minimum absolute atomic E-state index is 0.722. The second-order valence-electron chi connectivity index (χ2n) is 3.82. The number of rotatable bonds is 4. The average Bonchev–Trinajstić information content (AvgIpc) is 2.46. The Bertz CT molecular complexity index is 574. The zero-order valence-electron chi connectivity index (χ0n) is 10.8. The van der Waals surface area contributed by atoms with E-state index >= 15 is 0 Å². The van der Waals surface area contributed by atoms with Gasteiger partial charge in [0.25, 0.3) is 0 Å². The molecule has 2 rings (SSSR count). The highest BCUT2D eigenvalue weighted by molar-refractivity contribution is 7.80. The predicted octanol–water partition coefficient (Wildman–Crippen LogP) is 3.74. The quantitative estimate of drug-likeness (QED) is 0.679. The van der Waals surface area contributed by atoms with E-state index in [0.717, 1.165) is 27.6 Å². The molecule has 2 aromatic rings. The highest BCUT2D eigenvalue weighted by atomic mass is 32.1. The molecule has 0 fully saturated rings. The fraction of sp³-hybridized carbons (Fsp3) is 0.133. The van der Waals surface area contributed by atoms with E-state index in [2.05, 4.69) is 17.6 Å². The van der Waals surface area contributed by atoms with Gasteiger partial charge >= 0.3 is 0 Å². The van der Waals surface area contributed by atoms with Crippen LogP contribution in [0.2, 0.25) is 0 Å². The van der Waals surface area contributed by atoms with Gasteiger partial charge in [-0.15, -0.1) is 12.6 Å². The van der Waals surface area contributed by atoms with Crippen molar-refractivity contribution < 1.29 is 9.47 Å². The van der Waals surface area contributed by atoms with Gasteiger partial charge in [0.15, 0.2) is 0 Å². The van der Waals surface area contributed by atoms with Crippen LogP contribution in [-0.2, 0) is 0 Å². The number of ether oxygens (including phenoxy) is 2. The summed E-state index contributed by atoms with van der Waals surface area (Å²) in [6.45, 7) is 0. The van der Waals surface area contributed by atoms with Gasteiger partial charge in [-0.1, -0.05) is 18.2 Å². The monoisotopic (exact) mass is 273 g/mol. The lowest BCUT2D eigenvalue weighted by Crippen LogP contribution is -1.95. The molecule has 0 bridgehead atoms. The molecule has 0 spiro atoms. The van der Waals surface area contributed by atoms with Crippen LogP contribution in [-0.4, -0.2) is 20.4 Å². The minimum Gasteiger partial charge on any atom is -0.496 e. The molecule has 0 amide bonds. The van der Waals surface area contributed by atoms with Crippen LogP contribution in [0, 0.1) is 0 Å². The molecule has 3 nitrogen and oxygen atoms in total. The van der Waals surface area contributed by atoms with E-state index in [1.165, 1.54) is 0 Å². The molecule has 0 aliphatic carbocycles. The van der Waals surface area contributed by atoms with Crippen molar-refractivity contribution in [3.63, 3.8) is 0 Å². The standard InChI is InChI=1S/C15H15NO2S/c1-17-13-7-5-8-14(18-2)11(13)10-16-12-6-3-4-9-15(12)19/h3-10,19H,1-2H3. The number of aliphatic imine (C=N–C) groups is 1. The molecule has 0 heterocycles. The van der Waals surface area contributed by atoms with Crippen molar-refractivity contribution in [3.05, 3.63) is 48.0 Å². The average molecular weight is 273 g/mol. The van der Waals surface area contributed by atoms with E-state index in [1.54, 1.807) is 20.4 Å². The lowest BCUT2D eigenvalue weighted by atomic mass is 10.2. The van der Waals surface area contributed by atoms with Gasteiger partial charge in [-0.2, -0.15) is 0 Å². The second-order valence-corrected chi connectivity index (χ2v) is 4.30. The molecule has 19 heavy (non-hydrogen) atoms. The number of para-hydroxylation sites is 1. The van der Waals surface area contributed by atoms with Gasteiger partial charge in [0.1, 0.15) is 11.5 Å². The van der Waals surface area contributed by atoms with Gasteiger partial charge in [-0.25, -0.2) is 0 Å². The molecule has 0 aliphatic rings. The van der Waals surface area contributed by atoms with Gasteiger partial charge in [0, 0.05) is 11.1 Å². The van der Waals surface area contributed by atoms with Crippen LogP contribution in [0.1, 0.15) is 5.56 Å². The molecule has 0 aliphatic heterocycles. The lowest BCUT2D eigenvalue weighted by molar-refractivity contribution is 0.393. The van der Waals surface area contributed by atoms with Crippen LogP contribution in [0.3, 0.4) is 0 Å². The van der Waals surface area contributed by atoms with E-state index in [4.69, 9.17) is 9.47 Å². The maximum Gasteiger partial charge on any atom is 0.131 e. The molecule has 2 aromatic carbocycles. The van der Waals surface area contributed by atoms with Gasteiger partial charge in [-0.05, 0) is 24.3 Å². The SMILES string of the molecule is COc1cccc(OC)c1C=Nc1ccccc1S. The van der Waals surface area contributed by atoms with Crippen molar-refractivity contribution in [2.75, 3.05) is 14.2 Å². The normalized spacial score (nSPS) is 10.7. The van der Waals surface area contributed by atoms with Crippen LogP contribution < -0.4 is 9.47 Å². The van der Waals surface area contributed by atoms with Crippen molar-refractivity contribution in [3.8, 4) is 11.5 Å². The Labute approximate surface area is 118 Å². The van der Waals surface area contributed by atoms with Gasteiger partial charge < -0.3 is 9.47 Å². The Balaban J connectivity index is 2.40. The molecule has 0 unspecified atom stereocenters. The molecule has 0 saturated heterocycles. The van der Waals surface area contributed by atoms with Gasteiger partial charge in [-0.3, -0.25) is 4.99 Å². The third kappa shape index (κ3) is 3.09.